The summed E-state index contributed by atoms with van der Waals surface area (Å²) in [5, 5.41) is 3.75. The highest BCUT2D eigenvalue weighted by atomic mass is 32.2. The number of rotatable bonds is 5. The van der Waals surface area contributed by atoms with E-state index in [1.165, 1.54) is 33.2 Å². The van der Waals surface area contributed by atoms with Crippen molar-refractivity contribution in [2.75, 3.05) is 16.8 Å². The second kappa shape index (κ2) is 7.10. The molecule has 108 valence electrons. The van der Waals surface area contributed by atoms with Crippen LogP contribution in [-0.2, 0) is 0 Å². The summed E-state index contributed by atoms with van der Waals surface area (Å²) < 4.78 is 0. The van der Waals surface area contributed by atoms with Crippen LogP contribution in [0.3, 0.4) is 0 Å². The Morgan fingerprint density at radius 3 is 2.90 bits per heavy atom. The molecule has 0 saturated heterocycles. The first kappa shape index (κ1) is 14.6. The molecule has 3 heteroatoms. The van der Waals surface area contributed by atoms with Crippen molar-refractivity contribution in [3.63, 3.8) is 0 Å². The van der Waals surface area contributed by atoms with Crippen LogP contribution in [0.5, 0.6) is 0 Å². The van der Waals surface area contributed by atoms with Crippen molar-refractivity contribution in [3.05, 3.63) is 66.7 Å². The average molecular weight is 313 g/mol. The molecule has 3 rings (SSSR count). The van der Waals surface area contributed by atoms with E-state index in [-0.39, 0.29) is 0 Å². The minimum atomic E-state index is 0.410. The van der Waals surface area contributed by atoms with Crippen molar-refractivity contribution in [1.82, 2.24) is 0 Å². The summed E-state index contributed by atoms with van der Waals surface area (Å²) in [6, 6.07) is 17.7. The molecular formula is C18H19NS2. The van der Waals surface area contributed by atoms with Gasteiger partial charge in [-0.3, -0.25) is 0 Å². The molecule has 2 aromatic rings. The molecule has 1 aliphatic heterocycles. The highest BCUT2D eigenvalue weighted by Gasteiger charge is 2.20. The lowest BCUT2D eigenvalue weighted by Gasteiger charge is -2.27. The Labute approximate surface area is 135 Å². The lowest BCUT2D eigenvalue weighted by molar-refractivity contribution is 0.726. The van der Waals surface area contributed by atoms with Gasteiger partial charge in [0.1, 0.15) is 0 Å². The molecule has 0 amide bonds. The number of nitrogens with one attached hydrogen (secondary N) is 1. The normalized spacial score (nSPS) is 17.0. The van der Waals surface area contributed by atoms with Crippen LogP contribution in [0.4, 0.5) is 5.69 Å². The zero-order valence-electron chi connectivity index (χ0n) is 11.9. The van der Waals surface area contributed by atoms with E-state index < -0.39 is 0 Å². The summed E-state index contributed by atoms with van der Waals surface area (Å²) in [6.07, 6.45) is 3.12. The van der Waals surface area contributed by atoms with Crippen LogP contribution < -0.4 is 5.32 Å². The van der Waals surface area contributed by atoms with Crippen molar-refractivity contribution < 1.29 is 0 Å². The lowest BCUT2D eigenvalue weighted by Crippen LogP contribution is -2.16. The molecule has 0 spiro atoms. The van der Waals surface area contributed by atoms with Gasteiger partial charge in [0.2, 0.25) is 0 Å². The van der Waals surface area contributed by atoms with Crippen LogP contribution in [0, 0.1) is 0 Å². The highest BCUT2D eigenvalue weighted by Crippen LogP contribution is 2.39. The van der Waals surface area contributed by atoms with Gasteiger partial charge < -0.3 is 5.32 Å². The molecule has 0 aliphatic carbocycles. The van der Waals surface area contributed by atoms with Gasteiger partial charge >= 0.3 is 0 Å². The van der Waals surface area contributed by atoms with Crippen LogP contribution >= 0.6 is 23.5 Å². The molecule has 0 aromatic heterocycles. The first-order valence-electron chi connectivity index (χ1n) is 7.19. The molecule has 1 unspecified atom stereocenters. The van der Waals surface area contributed by atoms with E-state index in [0.717, 1.165) is 5.75 Å². The Morgan fingerprint density at radius 2 is 2.00 bits per heavy atom. The van der Waals surface area contributed by atoms with Crippen molar-refractivity contribution in [2.24, 2.45) is 0 Å². The summed E-state index contributed by atoms with van der Waals surface area (Å²) >= 11 is 3.79. The average Bonchev–Trinajstić information content (AvgIpc) is 2.54. The largest absolute Gasteiger partial charge is 0.377 e. The van der Waals surface area contributed by atoms with Crippen LogP contribution in [0.15, 0.2) is 71.0 Å². The van der Waals surface area contributed by atoms with E-state index in [1.807, 2.05) is 29.6 Å². The van der Waals surface area contributed by atoms with E-state index in [9.17, 15) is 0 Å². The molecule has 1 aliphatic rings. The van der Waals surface area contributed by atoms with E-state index in [4.69, 9.17) is 0 Å². The molecule has 1 N–H and O–H groups in total. The smallest absolute Gasteiger partial charge is 0.0533 e. The first-order chi connectivity index (χ1) is 10.4. The van der Waals surface area contributed by atoms with Crippen molar-refractivity contribution in [3.8, 4) is 0 Å². The number of fused-ring (bicyclic) bond motifs is 1. The third-order valence-corrected chi connectivity index (χ3v) is 5.72. The SMILES string of the molecule is C=CCSc1ccccc1NC1CCSc2ccccc21. The maximum atomic E-state index is 3.81. The molecule has 1 atom stereocenters. The third-order valence-electron chi connectivity index (χ3n) is 3.53. The summed E-state index contributed by atoms with van der Waals surface area (Å²) in [5.74, 6) is 2.12. The van der Waals surface area contributed by atoms with Gasteiger partial charge in [0.05, 0.1) is 6.04 Å². The standard InChI is InChI=1S/C18H19NS2/c1-2-12-20-18-10-6-4-8-16(18)19-15-11-13-21-17-9-5-3-7-14(15)17/h2-10,15,19H,1,11-13H2. The fourth-order valence-electron chi connectivity index (χ4n) is 2.54. The van der Waals surface area contributed by atoms with Crippen LogP contribution in [0.25, 0.3) is 0 Å². The van der Waals surface area contributed by atoms with Gasteiger partial charge in [-0.2, -0.15) is 0 Å². The monoisotopic (exact) mass is 313 g/mol. The Hall–Kier alpha value is -1.32. The van der Waals surface area contributed by atoms with Crippen LogP contribution in [-0.4, -0.2) is 11.5 Å². The van der Waals surface area contributed by atoms with Crippen molar-refractivity contribution in [2.45, 2.75) is 22.3 Å². The Morgan fingerprint density at radius 1 is 1.19 bits per heavy atom. The summed E-state index contributed by atoms with van der Waals surface area (Å²) in [4.78, 5) is 2.71. The number of thioether (sulfide) groups is 2. The minimum absolute atomic E-state index is 0.410. The summed E-state index contributed by atoms with van der Waals surface area (Å²) in [6.45, 7) is 3.81. The fourth-order valence-corrected chi connectivity index (χ4v) is 4.42. The Bertz CT molecular complexity index is 624. The van der Waals surface area contributed by atoms with Gasteiger partial charge in [0, 0.05) is 27.0 Å². The highest BCUT2D eigenvalue weighted by molar-refractivity contribution is 7.99. The Kier molecular flexibility index (Phi) is 4.94. The quantitative estimate of drug-likeness (QED) is 0.569. The molecule has 0 bridgehead atoms. The van der Waals surface area contributed by atoms with E-state index in [0.29, 0.717) is 6.04 Å². The summed E-state index contributed by atoms with van der Waals surface area (Å²) in [5.41, 5.74) is 2.66. The second-order valence-electron chi connectivity index (χ2n) is 4.97. The van der Waals surface area contributed by atoms with Gasteiger partial charge in [0.15, 0.2) is 0 Å². The molecule has 21 heavy (non-hydrogen) atoms. The molecule has 0 fully saturated rings. The number of hydrogen-bond donors (Lipinski definition) is 1. The van der Waals surface area contributed by atoms with Gasteiger partial charge in [-0.15, -0.1) is 30.1 Å². The summed E-state index contributed by atoms with van der Waals surface area (Å²) in [7, 11) is 0. The fraction of sp³-hybridized carbons (Fsp3) is 0.222. The van der Waals surface area contributed by atoms with E-state index in [1.54, 1.807) is 0 Å². The topological polar surface area (TPSA) is 12.0 Å². The van der Waals surface area contributed by atoms with Gasteiger partial charge in [-0.1, -0.05) is 36.4 Å². The number of benzene rings is 2. The molecule has 0 saturated carbocycles. The zero-order valence-corrected chi connectivity index (χ0v) is 13.6. The maximum absolute atomic E-state index is 3.81. The second-order valence-corrected chi connectivity index (χ2v) is 7.17. The predicted octanol–water partition coefficient (Wildman–Crippen LogP) is 5.61. The van der Waals surface area contributed by atoms with Crippen LogP contribution in [0.1, 0.15) is 18.0 Å². The Balaban J connectivity index is 1.83. The van der Waals surface area contributed by atoms with Gasteiger partial charge in [-0.25, -0.2) is 0 Å². The first-order valence-corrected chi connectivity index (χ1v) is 9.16. The van der Waals surface area contributed by atoms with E-state index >= 15 is 0 Å². The van der Waals surface area contributed by atoms with E-state index in [2.05, 4.69) is 60.4 Å². The van der Waals surface area contributed by atoms with Crippen LogP contribution in [0.2, 0.25) is 0 Å². The number of para-hydroxylation sites is 1. The predicted molar refractivity (Wildman–Crippen MR) is 95.5 cm³/mol. The van der Waals surface area contributed by atoms with Gasteiger partial charge in [-0.05, 0) is 30.2 Å². The third kappa shape index (κ3) is 3.47. The molecule has 2 aromatic carbocycles. The number of hydrogen-bond acceptors (Lipinski definition) is 3. The zero-order chi connectivity index (χ0) is 14.5. The van der Waals surface area contributed by atoms with Crippen molar-refractivity contribution >= 4 is 29.2 Å². The molecule has 1 nitrogen and oxygen atoms in total. The maximum Gasteiger partial charge on any atom is 0.0533 e. The lowest BCUT2D eigenvalue weighted by atomic mass is 10.0. The minimum Gasteiger partial charge on any atom is -0.377 e. The van der Waals surface area contributed by atoms with Crippen molar-refractivity contribution in [1.29, 1.82) is 0 Å². The molecule has 0 radical (unpaired) electrons. The van der Waals surface area contributed by atoms with Gasteiger partial charge in [0.25, 0.3) is 0 Å². The number of anilines is 1. The molecular weight excluding hydrogens is 294 g/mol. The molecule has 1 heterocycles.